The van der Waals surface area contributed by atoms with Crippen LogP contribution in [0.2, 0.25) is 0 Å². The molecule has 1 aromatic carbocycles. The van der Waals surface area contributed by atoms with Crippen LogP contribution in [0.4, 0.5) is 0 Å². The number of nitrogens with one attached hydrogen (secondary N) is 1. The van der Waals surface area contributed by atoms with Crippen molar-refractivity contribution in [2.24, 2.45) is 0 Å². The molecule has 2 atom stereocenters. The third-order valence-electron chi connectivity index (χ3n) is 3.63. The highest BCUT2D eigenvalue weighted by Gasteiger charge is 2.17. The topological polar surface area (TPSA) is 21.3 Å². The molecular weight excluding hydrogens is 210 g/mol. The molecule has 2 rings (SSSR count). The van der Waals surface area contributed by atoms with Gasteiger partial charge in [-0.05, 0) is 45.2 Å². The van der Waals surface area contributed by atoms with Gasteiger partial charge < -0.3 is 10.1 Å². The lowest BCUT2D eigenvalue weighted by Crippen LogP contribution is -2.18. The molecule has 1 aliphatic rings. The van der Waals surface area contributed by atoms with Crippen LogP contribution in [0.15, 0.2) is 24.3 Å². The van der Waals surface area contributed by atoms with E-state index in [0.717, 1.165) is 13.0 Å². The number of benzene rings is 1. The van der Waals surface area contributed by atoms with E-state index in [9.17, 15) is 0 Å². The fourth-order valence-corrected chi connectivity index (χ4v) is 2.50. The highest BCUT2D eigenvalue weighted by molar-refractivity contribution is 5.24. The van der Waals surface area contributed by atoms with Gasteiger partial charge in [0.1, 0.15) is 0 Å². The molecular formula is C15H23NO. The van der Waals surface area contributed by atoms with Crippen molar-refractivity contribution in [3.63, 3.8) is 0 Å². The number of aryl methyl sites for hydroxylation is 1. The van der Waals surface area contributed by atoms with Gasteiger partial charge in [-0.1, -0.05) is 29.8 Å². The summed E-state index contributed by atoms with van der Waals surface area (Å²) >= 11 is 0. The highest BCUT2D eigenvalue weighted by Crippen LogP contribution is 2.23. The molecule has 1 fully saturated rings. The Kier molecular flexibility index (Phi) is 4.57. The largest absolute Gasteiger partial charge is 0.378 e. The fraction of sp³-hybridized carbons (Fsp3) is 0.600. The monoisotopic (exact) mass is 233 g/mol. The molecule has 0 radical (unpaired) electrons. The summed E-state index contributed by atoms with van der Waals surface area (Å²) in [6.45, 7) is 3.09. The van der Waals surface area contributed by atoms with E-state index in [1.54, 1.807) is 0 Å². The molecule has 0 spiro atoms. The van der Waals surface area contributed by atoms with Crippen LogP contribution in [0.25, 0.3) is 0 Å². The van der Waals surface area contributed by atoms with Crippen LogP contribution in [-0.2, 0) is 4.74 Å². The smallest absolute Gasteiger partial charge is 0.0576 e. The minimum absolute atomic E-state index is 0.458. The fourth-order valence-electron chi connectivity index (χ4n) is 2.50. The van der Waals surface area contributed by atoms with Crippen molar-refractivity contribution >= 4 is 0 Å². The van der Waals surface area contributed by atoms with Crippen molar-refractivity contribution in [1.29, 1.82) is 0 Å². The molecule has 1 heterocycles. The van der Waals surface area contributed by atoms with Gasteiger partial charge in [-0.25, -0.2) is 0 Å². The molecule has 0 bridgehead atoms. The Bertz CT molecular complexity index is 327. The predicted octanol–water partition coefficient (Wildman–Crippen LogP) is 3.21. The Labute approximate surface area is 104 Å². The van der Waals surface area contributed by atoms with Gasteiger partial charge in [0, 0.05) is 12.6 Å². The molecule has 0 amide bonds. The lowest BCUT2D eigenvalue weighted by molar-refractivity contribution is 0.0998. The summed E-state index contributed by atoms with van der Waals surface area (Å²) in [4.78, 5) is 0. The van der Waals surface area contributed by atoms with E-state index < -0.39 is 0 Å². The van der Waals surface area contributed by atoms with Crippen LogP contribution in [0.5, 0.6) is 0 Å². The first kappa shape index (κ1) is 12.6. The van der Waals surface area contributed by atoms with Gasteiger partial charge in [-0.2, -0.15) is 0 Å². The maximum atomic E-state index is 5.68. The third-order valence-corrected chi connectivity index (χ3v) is 3.63. The lowest BCUT2D eigenvalue weighted by Gasteiger charge is -2.18. The number of ether oxygens (including phenoxy) is 1. The van der Waals surface area contributed by atoms with Crippen LogP contribution >= 0.6 is 0 Å². The van der Waals surface area contributed by atoms with E-state index in [0.29, 0.717) is 12.1 Å². The van der Waals surface area contributed by atoms with Crippen LogP contribution in [0, 0.1) is 6.92 Å². The van der Waals surface area contributed by atoms with E-state index in [4.69, 9.17) is 4.74 Å². The number of rotatable bonds is 5. The molecule has 2 heteroatoms. The standard InChI is InChI=1S/C15H23NO/c1-12-5-7-13(8-6-12)15(16-2)10-9-14-4-3-11-17-14/h5-8,14-16H,3-4,9-11H2,1-2H3. The maximum Gasteiger partial charge on any atom is 0.0576 e. The summed E-state index contributed by atoms with van der Waals surface area (Å²) < 4.78 is 5.68. The van der Waals surface area contributed by atoms with Crippen LogP contribution in [-0.4, -0.2) is 19.8 Å². The normalized spacial score (nSPS) is 21.6. The van der Waals surface area contributed by atoms with Gasteiger partial charge in [0.05, 0.1) is 6.10 Å². The second-order valence-electron chi connectivity index (χ2n) is 4.96. The van der Waals surface area contributed by atoms with E-state index >= 15 is 0 Å². The molecule has 0 aromatic heterocycles. The second kappa shape index (κ2) is 6.18. The summed E-state index contributed by atoms with van der Waals surface area (Å²) in [6.07, 6.45) is 5.30. The SMILES string of the molecule is CNC(CCC1CCCO1)c1ccc(C)cc1. The molecule has 2 nitrogen and oxygen atoms in total. The van der Waals surface area contributed by atoms with Crippen molar-refractivity contribution in [3.05, 3.63) is 35.4 Å². The van der Waals surface area contributed by atoms with E-state index in [-0.39, 0.29) is 0 Å². The Morgan fingerprint density at radius 3 is 2.71 bits per heavy atom. The van der Waals surface area contributed by atoms with Crippen molar-refractivity contribution in [2.45, 2.75) is 44.8 Å². The molecule has 1 N–H and O–H groups in total. The van der Waals surface area contributed by atoms with Crippen molar-refractivity contribution in [2.75, 3.05) is 13.7 Å². The van der Waals surface area contributed by atoms with E-state index in [2.05, 4.69) is 36.5 Å². The van der Waals surface area contributed by atoms with Crippen molar-refractivity contribution in [1.82, 2.24) is 5.32 Å². The van der Waals surface area contributed by atoms with Crippen LogP contribution < -0.4 is 5.32 Å². The quantitative estimate of drug-likeness (QED) is 0.843. The zero-order valence-electron chi connectivity index (χ0n) is 10.9. The highest BCUT2D eigenvalue weighted by atomic mass is 16.5. The zero-order chi connectivity index (χ0) is 12.1. The van der Waals surface area contributed by atoms with Gasteiger partial charge in [0.25, 0.3) is 0 Å². The summed E-state index contributed by atoms with van der Waals surface area (Å²) in [5.74, 6) is 0. The molecule has 94 valence electrons. The summed E-state index contributed by atoms with van der Waals surface area (Å²) in [7, 11) is 2.04. The zero-order valence-corrected chi connectivity index (χ0v) is 10.9. The van der Waals surface area contributed by atoms with Gasteiger partial charge in [-0.3, -0.25) is 0 Å². The molecule has 17 heavy (non-hydrogen) atoms. The average molecular weight is 233 g/mol. The van der Waals surface area contributed by atoms with Crippen molar-refractivity contribution in [3.8, 4) is 0 Å². The Morgan fingerprint density at radius 1 is 1.35 bits per heavy atom. The Morgan fingerprint density at radius 2 is 2.12 bits per heavy atom. The van der Waals surface area contributed by atoms with Crippen molar-refractivity contribution < 1.29 is 4.74 Å². The van der Waals surface area contributed by atoms with Crippen LogP contribution in [0.3, 0.4) is 0 Å². The third kappa shape index (κ3) is 3.55. The molecule has 0 saturated carbocycles. The molecule has 1 aromatic rings. The Balaban J connectivity index is 1.89. The number of hydrogen-bond acceptors (Lipinski definition) is 2. The van der Waals surface area contributed by atoms with Gasteiger partial charge in [0.2, 0.25) is 0 Å². The number of hydrogen-bond donors (Lipinski definition) is 1. The molecule has 0 aliphatic carbocycles. The predicted molar refractivity (Wildman–Crippen MR) is 71.2 cm³/mol. The first-order valence-corrected chi connectivity index (χ1v) is 6.65. The summed E-state index contributed by atoms with van der Waals surface area (Å²) in [5.41, 5.74) is 2.71. The van der Waals surface area contributed by atoms with Gasteiger partial charge in [-0.15, -0.1) is 0 Å². The maximum absolute atomic E-state index is 5.68. The van der Waals surface area contributed by atoms with E-state index in [1.165, 1.54) is 30.4 Å². The summed E-state index contributed by atoms with van der Waals surface area (Å²) in [6, 6.07) is 9.29. The lowest BCUT2D eigenvalue weighted by atomic mass is 9.98. The summed E-state index contributed by atoms with van der Waals surface area (Å²) in [5, 5.41) is 3.41. The molecule has 2 unspecified atom stereocenters. The first-order chi connectivity index (χ1) is 8.29. The molecule has 1 aliphatic heterocycles. The minimum atomic E-state index is 0.458. The average Bonchev–Trinajstić information content (AvgIpc) is 2.85. The van der Waals surface area contributed by atoms with Gasteiger partial charge >= 0.3 is 0 Å². The van der Waals surface area contributed by atoms with E-state index in [1.807, 2.05) is 7.05 Å². The second-order valence-corrected chi connectivity index (χ2v) is 4.96. The first-order valence-electron chi connectivity index (χ1n) is 6.65. The van der Waals surface area contributed by atoms with Crippen LogP contribution in [0.1, 0.15) is 42.9 Å². The molecule has 1 saturated heterocycles. The Hall–Kier alpha value is -0.860. The minimum Gasteiger partial charge on any atom is -0.378 e. The van der Waals surface area contributed by atoms with Gasteiger partial charge in [0.15, 0.2) is 0 Å².